The van der Waals surface area contributed by atoms with Crippen LogP contribution in [0.3, 0.4) is 0 Å². The molecule has 7 nitrogen and oxygen atoms in total. The number of nitrogens with zero attached hydrogens (tertiary/aromatic N) is 2. The van der Waals surface area contributed by atoms with Crippen molar-refractivity contribution in [1.29, 1.82) is 0 Å². The Labute approximate surface area is 190 Å². The Morgan fingerprint density at radius 2 is 0.939 bits per heavy atom. The molecule has 0 aromatic heterocycles. The summed E-state index contributed by atoms with van der Waals surface area (Å²) in [6.07, 6.45) is 0.576. The van der Waals surface area contributed by atoms with Gasteiger partial charge in [-0.15, -0.1) is 0 Å². The molecule has 0 atom stereocenters. The van der Waals surface area contributed by atoms with Gasteiger partial charge < -0.3 is 4.74 Å². The number of hydrogen-bond acceptors (Lipinski definition) is 5. The topological polar surface area (TPSA) is 95.5 Å². The van der Waals surface area contributed by atoms with Crippen molar-refractivity contribution in [3.63, 3.8) is 0 Å². The Hall–Kier alpha value is -4.52. The number of hydrogen-bond donors (Lipinski definition) is 0. The predicted octanol–water partition coefficient (Wildman–Crippen LogP) is 6.48. The highest BCUT2D eigenvalue weighted by Crippen LogP contribution is 2.38. The molecule has 0 saturated heterocycles. The van der Waals surface area contributed by atoms with Crippen LogP contribution >= 0.6 is 0 Å². The summed E-state index contributed by atoms with van der Waals surface area (Å²) in [5, 5.41) is 23.5. The van der Waals surface area contributed by atoms with Gasteiger partial charge in [-0.05, 0) is 23.3 Å². The molecule has 4 aromatic rings. The van der Waals surface area contributed by atoms with Crippen LogP contribution < -0.4 is 4.74 Å². The maximum atomic E-state index is 11.7. The molecule has 0 aliphatic rings. The molecule has 0 heterocycles. The van der Waals surface area contributed by atoms with Gasteiger partial charge >= 0.3 is 0 Å². The molecule has 0 unspecified atom stereocenters. The van der Waals surface area contributed by atoms with Crippen molar-refractivity contribution in [2.75, 3.05) is 0 Å². The first-order chi connectivity index (χ1) is 16.0. The fourth-order valence-electron chi connectivity index (χ4n) is 3.72. The minimum Gasteiger partial charge on any atom is -0.456 e. The van der Waals surface area contributed by atoms with Crippen molar-refractivity contribution in [3.05, 3.63) is 140 Å². The average molecular weight is 440 g/mol. The van der Waals surface area contributed by atoms with Crippen molar-refractivity contribution >= 4 is 11.4 Å². The summed E-state index contributed by atoms with van der Waals surface area (Å²) in [7, 11) is 0. The average Bonchev–Trinajstić information content (AvgIpc) is 2.82. The Morgan fingerprint density at radius 1 is 0.545 bits per heavy atom. The fourth-order valence-corrected chi connectivity index (χ4v) is 3.72. The minimum absolute atomic E-state index is 0.0635. The zero-order chi connectivity index (χ0) is 23.2. The van der Waals surface area contributed by atoms with Gasteiger partial charge in [-0.2, -0.15) is 0 Å². The summed E-state index contributed by atoms with van der Waals surface area (Å²) < 4.78 is 6.16. The van der Waals surface area contributed by atoms with E-state index >= 15 is 0 Å². The molecule has 164 valence electrons. The van der Waals surface area contributed by atoms with Crippen molar-refractivity contribution < 1.29 is 14.6 Å². The number of ether oxygens (including phenoxy) is 1. The molecular formula is C26H20N2O5. The monoisotopic (exact) mass is 440 g/mol. The van der Waals surface area contributed by atoms with Gasteiger partial charge in [0.15, 0.2) is 0 Å². The highest BCUT2D eigenvalue weighted by molar-refractivity contribution is 5.56. The summed E-state index contributed by atoms with van der Waals surface area (Å²) in [5.74, 6) is 0.589. The third kappa shape index (κ3) is 5.04. The van der Waals surface area contributed by atoms with Gasteiger partial charge in [-0.3, -0.25) is 20.2 Å². The zero-order valence-corrected chi connectivity index (χ0v) is 17.6. The van der Waals surface area contributed by atoms with Crippen LogP contribution in [-0.4, -0.2) is 9.85 Å². The maximum Gasteiger partial charge on any atom is 0.276 e. The third-order valence-electron chi connectivity index (χ3n) is 5.28. The molecule has 0 aliphatic carbocycles. The van der Waals surface area contributed by atoms with Gasteiger partial charge in [-0.25, -0.2) is 0 Å². The van der Waals surface area contributed by atoms with E-state index in [1.165, 1.54) is 12.1 Å². The van der Waals surface area contributed by atoms with E-state index in [1.807, 2.05) is 60.7 Å². The molecule has 0 spiro atoms. The van der Waals surface area contributed by atoms with E-state index in [9.17, 15) is 20.2 Å². The highest BCUT2D eigenvalue weighted by atomic mass is 16.6. The normalized spacial score (nSPS) is 10.5. The summed E-state index contributed by atoms with van der Waals surface area (Å²) in [6.45, 7) is 0. The molecular weight excluding hydrogens is 420 g/mol. The SMILES string of the molecule is O=[N+]([O-])c1cccc(Oc2cccc([N+](=O)[O-])c2Cc2ccccc2)c1Cc1ccccc1. The first-order valence-electron chi connectivity index (χ1n) is 10.3. The van der Waals surface area contributed by atoms with Gasteiger partial charge in [0, 0.05) is 25.0 Å². The largest absolute Gasteiger partial charge is 0.456 e. The van der Waals surface area contributed by atoms with Gasteiger partial charge in [0.25, 0.3) is 11.4 Å². The van der Waals surface area contributed by atoms with E-state index in [2.05, 4.69) is 0 Å². The van der Waals surface area contributed by atoms with Crippen LogP contribution in [-0.2, 0) is 12.8 Å². The van der Waals surface area contributed by atoms with Crippen molar-refractivity contribution in [1.82, 2.24) is 0 Å². The lowest BCUT2D eigenvalue weighted by Gasteiger charge is -2.15. The Morgan fingerprint density at radius 3 is 1.30 bits per heavy atom. The highest BCUT2D eigenvalue weighted by Gasteiger charge is 2.23. The van der Waals surface area contributed by atoms with E-state index in [-0.39, 0.29) is 24.2 Å². The molecule has 7 heteroatoms. The Balaban J connectivity index is 1.79. The molecule has 0 aliphatic heterocycles. The van der Waals surface area contributed by atoms with Crippen LogP contribution in [0, 0.1) is 20.2 Å². The van der Waals surface area contributed by atoms with E-state index in [0.717, 1.165) is 11.1 Å². The molecule has 0 radical (unpaired) electrons. The van der Waals surface area contributed by atoms with Gasteiger partial charge in [0.2, 0.25) is 0 Å². The fraction of sp³-hybridized carbons (Fsp3) is 0.0769. The van der Waals surface area contributed by atoms with Gasteiger partial charge in [0.05, 0.1) is 21.0 Å². The number of benzene rings is 4. The van der Waals surface area contributed by atoms with Gasteiger partial charge in [-0.1, -0.05) is 72.8 Å². The van der Waals surface area contributed by atoms with Crippen molar-refractivity contribution in [2.24, 2.45) is 0 Å². The summed E-state index contributed by atoms with van der Waals surface area (Å²) in [4.78, 5) is 22.6. The quantitative estimate of drug-likeness (QED) is 0.231. The van der Waals surface area contributed by atoms with E-state index in [4.69, 9.17) is 4.74 Å². The first-order valence-corrected chi connectivity index (χ1v) is 10.3. The van der Waals surface area contributed by atoms with Crippen LogP contribution in [0.5, 0.6) is 11.5 Å². The third-order valence-corrected chi connectivity index (χ3v) is 5.28. The zero-order valence-electron chi connectivity index (χ0n) is 17.6. The van der Waals surface area contributed by atoms with E-state index in [0.29, 0.717) is 22.6 Å². The van der Waals surface area contributed by atoms with Crippen molar-refractivity contribution in [3.8, 4) is 11.5 Å². The molecule has 0 amide bonds. The minimum atomic E-state index is -0.441. The lowest BCUT2D eigenvalue weighted by atomic mass is 10.0. The number of rotatable bonds is 8. The first kappa shape index (κ1) is 21.7. The van der Waals surface area contributed by atoms with E-state index < -0.39 is 9.85 Å². The molecule has 0 fully saturated rings. The van der Waals surface area contributed by atoms with Crippen LogP contribution in [0.2, 0.25) is 0 Å². The second-order valence-corrected chi connectivity index (χ2v) is 7.45. The van der Waals surface area contributed by atoms with Crippen LogP contribution in [0.1, 0.15) is 22.3 Å². The Kier molecular flexibility index (Phi) is 6.40. The second-order valence-electron chi connectivity index (χ2n) is 7.45. The molecule has 0 saturated carbocycles. The second kappa shape index (κ2) is 9.74. The van der Waals surface area contributed by atoms with Crippen molar-refractivity contribution in [2.45, 2.75) is 12.8 Å². The number of nitro groups is 2. The van der Waals surface area contributed by atoms with E-state index in [1.54, 1.807) is 24.3 Å². The van der Waals surface area contributed by atoms with Crippen LogP contribution in [0.4, 0.5) is 11.4 Å². The number of nitro benzene ring substituents is 2. The summed E-state index contributed by atoms with van der Waals surface area (Å²) in [5.41, 5.74) is 2.47. The van der Waals surface area contributed by atoms with Crippen LogP contribution in [0.15, 0.2) is 97.1 Å². The smallest absolute Gasteiger partial charge is 0.276 e. The lowest BCUT2D eigenvalue weighted by Crippen LogP contribution is -2.03. The Bertz CT molecular complexity index is 1190. The van der Waals surface area contributed by atoms with Crippen LogP contribution in [0.25, 0.3) is 0 Å². The molecule has 0 N–H and O–H groups in total. The molecule has 4 aromatic carbocycles. The lowest BCUT2D eigenvalue weighted by molar-refractivity contribution is -0.385. The maximum absolute atomic E-state index is 11.7. The molecule has 33 heavy (non-hydrogen) atoms. The molecule has 0 bridgehead atoms. The molecule has 4 rings (SSSR count). The predicted molar refractivity (Wildman–Crippen MR) is 125 cm³/mol. The summed E-state index contributed by atoms with van der Waals surface area (Å²) in [6, 6.07) is 28.0. The van der Waals surface area contributed by atoms with Gasteiger partial charge in [0.1, 0.15) is 11.5 Å². The standard InChI is InChI=1S/C26H20N2O5/c29-27(30)23-13-7-15-25(21(23)17-19-9-3-1-4-10-19)33-26-16-8-14-24(28(31)32)22(26)18-20-11-5-2-6-12-20/h1-16H,17-18H2. The summed E-state index contributed by atoms with van der Waals surface area (Å²) >= 11 is 0.